The van der Waals surface area contributed by atoms with Crippen LogP contribution in [0.4, 0.5) is 4.79 Å². The highest BCUT2D eigenvalue weighted by molar-refractivity contribution is 7.91. The molecule has 5 nitrogen and oxygen atoms in total. The third kappa shape index (κ3) is 4.15. The molecule has 1 saturated carbocycles. The summed E-state index contributed by atoms with van der Waals surface area (Å²) >= 11 is 0. The molecule has 1 unspecified atom stereocenters. The van der Waals surface area contributed by atoms with E-state index in [1.807, 2.05) is 0 Å². The van der Waals surface area contributed by atoms with Gasteiger partial charge in [0.25, 0.3) is 0 Å². The van der Waals surface area contributed by atoms with Crippen LogP contribution in [-0.2, 0) is 9.84 Å². The fraction of sp³-hybridized carbons (Fsp3) is 0.917. The van der Waals surface area contributed by atoms with Gasteiger partial charge in [0.15, 0.2) is 9.84 Å². The summed E-state index contributed by atoms with van der Waals surface area (Å²) in [4.78, 5) is 11.6. The van der Waals surface area contributed by atoms with Gasteiger partial charge in [-0.25, -0.2) is 13.2 Å². The molecule has 1 atom stereocenters. The number of hydrogen-bond acceptors (Lipinski definition) is 3. The summed E-state index contributed by atoms with van der Waals surface area (Å²) in [6.45, 7) is 0.714. The fourth-order valence-corrected chi connectivity index (χ4v) is 4.45. The minimum absolute atomic E-state index is 0.0872. The van der Waals surface area contributed by atoms with Gasteiger partial charge < -0.3 is 10.6 Å². The number of urea groups is 1. The number of carbonyl (C=O) groups is 1. The zero-order valence-electron chi connectivity index (χ0n) is 10.7. The Balaban J connectivity index is 1.66. The molecule has 6 heteroatoms. The van der Waals surface area contributed by atoms with Crippen molar-refractivity contribution in [1.29, 1.82) is 0 Å². The molecular formula is C12H22N2O3S. The van der Waals surface area contributed by atoms with Crippen molar-refractivity contribution in [2.45, 2.75) is 44.6 Å². The van der Waals surface area contributed by atoms with Gasteiger partial charge in [0, 0.05) is 12.6 Å². The van der Waals surface area contributed by atoms with E-state index in [4.69, 9.17) is 0 Å². The van der Waals surface area contributed by atoms with E-state index in [0.717, 1.165) is 0 Å². The number of sulfone groups is 1. The molecule has 2 rings (SSSR count). The topological polar surface area (TPSA) is 75.3 Å². The van der Waals surface area contributed by atoms with E-state index in [0.29, 0.717) is 18.9 Å². The minimum atomic E-state index is -2.92. The highest BCUT2D eigenvalue weighted by Gasteiger charge is 2.28. The molecular weight excluding hydrogens is 252 g/mol. The lowest BCUT2D eigenvalue weighted by atomic mass is 9.89. The van der Waals surface area contributed by atoms with E-state index in [1.54, 1.807) is 0 Å². The number of carbonyl (C=O) groups excluding carboxylic acids is 1. The van der Waals surface area contributed by atoms with E-state index in [9.17, 15) is 13.2 Å². The van der Waals surface area contributed by atoms with Crippen molar-refractivity contribution in [2.75, 3.05) is 18.1 Å². The lowest BCUT2D eigenvalue weighted by molar-refractivity contribution is 0.233. The molecule has 0 bridgehead atoms. The summed E-state index contributed by atoms with van der Waals surface area (Å²) in [7, 11) is -2.92. The molecule has 18 heavy (non-hydrogen) atoms. The predicted octanol–water partition coefficient (Wildman–Crippen LogP) is 1.05. The Kier molecular flexibility index (Phi) is 4.48. The zero-order chi connectivity index (χ0) is 13.0. The Hall–Kier alpha value is -0.780. The summed E-state index contributed by atoms with van der Waals surface area (Å²) in [6, 6.07) is -0.427. The Morgan fingerprint density at radius 1 is 1.11 bits per heavy atom. The van der Waals surface area contributed by atoms with Gasteiger partial charge in [-0.1, -0.05) is 19.3 Å². The molecule has 0 aromatic rings. The molecule has 0 radical (unpaired) electrons. The quantitative estimate of drug-likeness (QED) is 0.808. The highest BCUT2D eigenvalue weighted by Crippen LogP contribution is 2.22. The molecule has 1 heterocycles. The first-order chi connectivity index (χ1) is 8.55. The molecule has 0 aromatic heterocycles. The van der Waals surface area contributed by atoms with Gasteiger partial charge in [0.2, 0.25) is 0 Å². The maximum atomic E-state index is 11.6. The van der Waals surface area contributed by atoms with Crippen LogP contribution in [-0.4, -0.2) is 38.5 Å². The van der Waals surface area contributed by atoms with Crippen molar-refractivity contribution >= 4 is 15.9 Å². The standard InChI is InChI=1S/C12H22N2O3S/c15-12(13-8-10-4-2-1-3-5-10)14-11-6-7-18(16,17)9-11/h10-11H,1-9H2,(H2,13,14,15). The maximum absolute atomic E-state index is 11.6. The number of amides is 2. The van der Waals surface area contributed by atoms with Gasteiger partial charge in [-0.3, -0.25) is 0 Å². The lowest BCUT2D eigenvalue weighted by Crippen LogP contribution is -2.44. The average Bonchev–Trinajstić information content (AvgIpc) is 2.67. The van der Waals surface area contributed by atoms with Crippen LogP contribution >= 0.6 is 0 Å². The normalized spacial score (nSPS) is 27.9. The van der Waals surface area contributed by atoms with Crippen LogP contribution in [0.2, 0.25) is 0 Å². The van der Waals surface area contributed by atoms with Gasteiger partial charge >= 0.3 is 6.03 Å². The molecule has 2 aliphatic rings. The number of nitrogens with one attached hydrogen (secondary N) is 2. The first-order valence-electron chi connectivity index (χ1n) is 6.80. The van der Waals surface area contributed by atoms with Crippen LogP contribution in [0, 0.1) is 5.92 Å². The Morgan fingerprint density at radius 3 is 2.44 bits per heavy atom. The van der Waals surface area contributed by atoms with Crippen molar-refractivity contribution < 1.29 is 13.2 Å². The first-order valence-corrected chi connectivity index (χ1v) is 8.62. The van der Waals surface area contributed by atoms with E-state index in [-0.39, 0.29) is 23.6 Å². The van der Waals surface area contributed by atoms with E-state index < -0.39 is 9.84 Å². The van der Waals surface area contributed by atoms with E-state index in [2.05, 4.69) is 10.6 Å². The molecule has 0 aromatic carbocycles. The summed E-state index contributed by atoms with van der Waals surface area (Å²) in [6.07, 6.45) is 6.75. The van der Waals surface area contributed by atoms with Crippen LogP contribution in [0.1, 0.15) is 38.5 Å². The van der Waals surface area contributed by atoms with Gasteiger partial charge in [-0.2, -0.15) is 0 Å². The molecule has 2 fully saturated rings. The predicted molar refractivity (Wildman–Crippen MR) is 70.2 cm³/mol. The van der Waals surface area contributed by atoms with Gasteiger partial charge in [0.05, 0.1) is 11.5 Å². The first kappa shape index (κ1) is 13.6. The van der Waals surface area contributed by atoms with Gasteiger partial charge in [0.1, 0.15) is 0 Å². The number of rotatable bonds is 3. The third-order valence-electron chi connectivity index (χ3n) is 3.84. The average molecular weight is 274 g/mol. The molecule has 2 N–H and O–H groups in total. The molecule has 1 saturated heterocycles. The lowest BCUT2D eigenvalue weighted by Gasteiger charge is -2.22. The van der Waals surface area contributed by atoms with Gasteiger partial charge in [-0.05, 0) is 25.2 Å². The van der Waals surface area contributed by atoms with Crippen LogP contribution in [0.25, 0.3) is 0 Å². The summed E-state index contributed by atoms with van der Waals surface area (Å²) in [5.74, 6) is 0.876. The Labute approximate surface area is 109 Å². The second-order valence-electron chi connectivity index (χ2n) is 5.46. The molecule has 104 valence electrons. The Morgan fingerprint density at radius 2 is 1.83 bits per heavy atom. The fourth-order valence-electron chi connectivity index (χ4n) is 2.77. The largest absolute Gasteiger partial charge is 0.338 e. The maximum Gasteiger partial charge on any atom is 0.315 e. The second-order valence-corrected chi connectivity index (χ2v) is 7.69. The van der Waals surface area contributed by atoms with Crippen LogP contribution in [0.3, 0.4) is 0 Å². The second kappa shape index (κ2) is 5.91. The third-order valence-corrected chi connectivity index (χ3v) is 5.61. The van der Waals surface area contributed by atoms with Crippen LogP contribution in [0.5, 0.6) is 0 Å². The van der Waals surface area contributed by atoms with Crippen molar-refractivity contribution in [2.24, 2.45) is 5.92 Å². The summed E-state index contributed by atoms with van der Waals surface area (Å²) in [5.41, 5.74) is 0. The van der Waals surface area contributed by atoms with Crippen LogP contribution < -0.4 is 10.6 Å². The SMILES string of the molecule is O=C(NCC1CCCCC1)NC1CCS(=O)(=O)C1. The van der Waals surface area contributed by atoms with Crippen molar-refractivity contribution in [3.8, 4) is 0 Å². The minimum Gasteiger partial charge on any atom is -0.338 e. The van der Waals surface area contributed by atoms with Crippen molar-refractivity contribution in [3.05, 3.63) is 0 Å². The molecule has 1 aliphatic carbocycles. The van der Waals surface area contributed by atoms with Crippen molar-refractivity contribution in [1.82, 2.24) is 10.6 Å². The summed E-state index contributed by atoms with van der Waals surface area (Å²) in [5, 5.41) is 5.61. The zero-order valence-corrected chi connectivity index (χ0v) is 11.5. The van der Waals surface area contributed by atoms with Crippen LogP contribution in [0.15, 0.2) is 0 Å². The van der Waals surface area contributed by atoms with E-state index in [1.165, 1.54) is 32.1 Å². The number of hydrogen-bond donors (Lipinski definition) is 2. The molecule has 0 spiro atoms. The van der Waals surface area contributed by atoms with Crippen molar-refractivity contribution in [3.63, 3.8) is 0 Å². The van der Waals surface area contributed by atoms with E-state index >= 15 is 0 Å². The Bertz CT molecular complexity index is 388. The monoisotopic (exact) mass is 274 g/mol. The van der Waals surface area contributed by atoms with Gasteiger partial charge in [-0.15, -0.1) is 0 Å². The molecule has 2 amide bonds. The summed E-state index contributed by atoms with van der Waals surface area (Å²) < 4.78 is 22.5. The highest BCUT2D eigenvalue weighted by atomic mass is 32.2. The smallest absolute Gasteiger partial charge is 0.315 e. The molecule has 1 aliphatic heterocycles.